The molecule has 0 amide bonds. The average molecular weight is 491 g/mol. The van der Waals surface area contributed by atoms with Crippen molar-refractivity contribution in [3.05, 3.63) is 35.9 Å². The summed E-state index contributed by atoms with van der Waals surface area (Å²) < 4.78 is 5.62. The van der Waals surface area contributed by atoms with Crippen molar-refractivity contribution >= 4 is 41.7 Å². The molecule has 6 heteroatoms. The van der Waals surface area contributed by atoms with Crippen LogP contribution in [0, 0.1) is 0 Å². The van der Waals surface area contributed by atoms with Gasteiger partial charge < -0.3 is 15.4 Å². The molecule has 2 N–H and O–H groups in total. The lowest BCUT2D eigenvalue weighted by atomic mass is 9.74. The summed E-state index contributed by atoms with van der Waals surface area (Å²) in [5, 5.41) is 6.87. The Bertz CT molecular complexity index is 507. The van der Waals surface area contributed by atoms with E-state index in [1.54, 1.807) is 0 Å². The summed E-state index contributed by atoms with van der Waals surface area (Å²) in [6.07, 6.45) is 6.67. The quantitative estimate of drug-likeness (QED) is 0.237. The van der Waals surface area contributed by atoms with E-state index in [9.17, 15) is 0 Å². The van der Waals surface area contributed by atoms with Gasteiger partial charge in [-0.15, -0.1) is 24.0 Å². The molecule has 1 saturated heterocycles. The fraction of sp³-hybridized carbons (Fsp3) is 0.650. The smallest absolute Gasteiger partial charge is 0.191 e. The first-order chi connectivity index (χ1) is 12.3. The van der Waals surface area contributed by atoms with Crippen LogP contribution in [0.5, 0.6) is 0 Å². The molecule has 0 atom stereocenters. The number of nitrogens with zero attached hydrogens (tertiary/aromatic N) is 1. The first kappa shape index (κ1) is 23.6. The Morgan fingerprint density at radius 1 is 1.15 bits per heavy atom. The summed E-state index contributed by atoms with van der Waals surface area (Å²) in [4.78, 5) is 4.94. The van der Waals surface area contributed by atoms with Crippen LogP contribution in [0.1, 0.15) is 38.2 Å². The summed E-state index contributed by atoms with van der Waals surface area (Å²) in [5.74, 6) is 2.17. The fourth-order valence-corrected chi connectivity index (χ4v) is 3.74. The topological polar surface area (TPSA) is 45.7 Å². The van der Waals surface area contributed by atoms with Gasteiger partial charge in [-0.3, -0.25) is 4.99 Å². The lowest BCUT2D eigenvalue weighted by molar-refractivity contribution is 0.0531. The molecule has 2 rings (SSSR count). The molecule has 26 heavy (non-hydrogen) atoms. The van der Waals surface area contributed by atoms with Crippen LogP contribution in [0.25, 0.3) is 0 Å². The zero-order chi connectivity index (χ0) is 17.8. The summed E-state index contributed by atoms with van der Waals surface area (Å²) in [5.41, 5.74) is 1.48. The maximum absolute atomic E-state index is 5.62. The van der Waals surface area contributed by atoms with Crippen molar-refractivity contribution in [1.82, 2.24) is 10.6 Å². The third kappa shape index (κ3) is 7.64. The Morgan fingerprint density at radius 3 is 2.54 bits per heavy atom. The minimum atomic E-state index is 0. The summed E-state index contributed by atoms with van der Waals surface area (Å²) >= 11 is 1.91. The first-order valence-corrected chi connectivity index (χ1v) is 10.8. The third-order valence-electron chi connectivity index (χ3n) is 4.79. The second-order valence-corrected chi connectivity index (χ2v) is 7.57. The van der Waals surface area contributed by atoms with Crippen molar-refractivity contribution in [2.75, 3.05) is 44.9 Å². The van der Waals surface area contributed by atoms with Gasteiger partial charge in [-0.2, -0.15) is 11.8 Å². The number of aliphatic imine (C=N–C) groups is 1. The van der Waals surface area contributed by atoms with Crippen molar-refractivity contribution in [3.63, 3.8) is 0 Å². The minimum Gasteiger partial charge on any atom is -0.381 e. The van der Waals surface area contributed by atoms with E-state index in [1.807, 2.05) is 11.8 Å². The Morgan fingerprint density at radius 2 is 1.88 bits per heavy atom. The van der Waals surface area contributed by atoms with E-state index in [0.29, 0.717) is 0 Å². The normalized spacial score (nSPS) is 16.6. The van der Waals surface area contributed by atoms with E-state index in [0.717, 1.165) is 51.6 Å². The van der Waals surface area contributed by atoms with Crippen molar-refractivity contribution in [2.45, 2.75) is 38.0 Å². The number of nitrogens with one attached hydrogen (secondary N) is 2. The minimum absolute atomic E-state index is 0. The SMILES string of the molecule is CCNC(=NCC1(c2ccccc2)CCOCC1)NCCCCSC.I. The van der Waals surface area contributed by atoms with Crippen LogP contribution in [0.15, 0.2) is 35.3 Å². The van der Waals surface area contributed by atoms with Crippen molar-refractivity contribution in [1.29, 1.82) is 0 Å². The lowest BCUT2D eigenvalue weighted by Crippen LogP contribution is -2.41. The lowest BCUT2D eigenvalue weighted by Gasteiger charge is -2.36. The predicted octanol–water partition coefficient (Wildman–Crippen LogP) is 4.05. The maximum Gasteiger partial charge on any atom is 0.191 e. The molecular weight excluding hydrogens is 457 g/mol. The van der Waals surface area contributed by atoms with E-state index in [1.165, 1.54) is 24.2 Å². The van der Waals surface area contributed by atoms with E-state index in [-0.39, 0.29) is 29.4 Å². The summed E-state index contributed by atoms with van der Waals surface area (Å²) in [7, 11) is 0. The number of benzene rings is 1. The molecule has 0 bridgehead atoms. The van der Waals surface area contributed by atoms with Gasteiger partial charge in [-0.25, -0.2) is 0 Å². The zero-order valence-corrected chi connectivity index (χ0v) is 19.3. The van der Waals surface area contributed by atoms with E-state index in [4.69, 9.17) is 9.73 Å². The molecule has 0 aliphatic carbocycles. The van der Waals surface area contributed by atoms with Gasteiger partial charge in [0.2, 0.25) is 0 Å². The van der Waals surface area contributed by atoms with Gasteiger partial charge >= 0.3 is 0 Å². The van der Waals surface area contributed by atoms with Crippen LogP contribution < -0.4 is 10.6 Å². The highest BCUT2D eigenvalue weighted by molar-refractivity contribution is 14.0. The van der Waals surface area contributed by atoms with E-state index >= 15 is 0 Å². The van der Waals surface area contributed by atoms with Crippen LogP contribution in [0.2, 0.25) is 0 Å². The Labute approximate surface area is 180 Å². The van der Waals surface area contributed by atoms with Crippen molar-refractivity contribution in [2.24, 2.45) is 4.99 Å². The number of hydrogen-bond acceptors (Lipinski definition) is 3. The van der Waals surface area contributed by atoms with Crippen LogP contribution >= 0.6 is 35.7 Å². The summed E-state index contributed by atoms with van der Waals surface area (Å²) in [6, 6.07) is 10.8. The average Bonchev–Trinajstić information content (AvgIpc) is 2.67. The number of hydrogen-bond donors (Lipinski definition) is 2. The van der Waals surface area contributed by atoms with Gasteiger partial charge in [0.1, 0.15) is 0 Å². The van der Waals surface area contributed by atoms with E-state index < -0.39 is 0 Å². The van der Waals surface area contributed by atoms with Gasteiger partial charge in [-0.1, -0.05) is 30.3 Å². The highest BCUT2D eigenvalue weighted by atomic mass is 127. The van der Waals surface area contributed by atoms with E-state index in [2.05, 4.69) is 54.1 Å². The standard InChI is InChI=1S/C20H33N3OS.HI/c1-3-21-19(22-13-7-8-16-25-2)23-17-20(11-14-24-15-12-20)18-9-5-4-6-10-18;/h4-6,9-10H,3,7-8,11-17H2,1-2H3,(H2,21,22,23);1H. The molecule has 1 aromatic carbocycles. The Hall–Kier alpha value is -0.470. The van der Waals surface area contributed by atoms with Gasteiger partial charge in [-0.05, 0) is 50.2 Å². The number of unbranched alkanes of at least 4 members (excludes halogenated alkanes) is 1. The molecule has 0 aromatic heterocycles. The van der Waals surface area contributed by atoms with Crippen LogP contribution in [0.3, 0.4) is 0 Å². The molecule has 1 heterocycles. The zero-order valence-electron chi connectivity index (χ0n) is 16.1. The van der Waals surface area contributed by atoms with Gasteiger partial charge in [0.05, 0.1) is 6.54 Å². The molecular formula is C20H34IN3OS. The van der Waals surface area contributed by atoms with Gasteiger partial charge in [0, 0.05) is 31.7 Å². The number of thioether (sulfide) groups is 1. The molecule has 0 unspecified atom stereocenters. The predicted molar refractivity (Wildman–Crippen MR) is 125 cm³/mol. The molecule has 1 aliphatic heterocycles. The number of halogens is 1. The fourth-order valence-electron chi connectivity index (χ4n) is 3.24. The van der Waals surface area contributed by atoms with Crippen LogP contribution in [-0.2, 0) is 10.2 Å². The molecule has 148 valence electrons. The summed E-state index contributed by atoms with van der Waals surface area (Å²) in [6.45, 7) is 6.44. The molecule has 0 spiro atoms. The molecule has 1 aromatic rings. The van der Waals surface area contributed by atoms with Crippen molar-refractivity contribution < 1.29 is 4.74 Å². The number of ether oxygens (including phenoxy) is 1. The maximum atomic E-state index is 5.62. The molecule has 0 radical (unpaired) electrons. The second-order valence-electron chi connectivity index (χ2n) is 6.58. The third-order valence-corrected chi connectivity index (χ3v) is 5.48. The Kier molecular flexibility index (Phi) is 12.4. The first-order valence-electron chi connectivity index (χ1n) is 9.45. The van der Waals surface area contributed by atoms with Crippen molar-refractivity contribution in [3.8, 4) is 0 Å². The molecule has 1 fully saturated rings. The molecule has 1 aliphatic rings. The molecule has 4 nitrogen and oxygen atoms in total. The van der Waals surface area contributed by atoms with Gasteiger partial charge in [0.15, 0.2) is 5.96 Å². The highest BCUT2D eigenvalue weighted by Gasteiger charge is 2.34. The number of rotatable bonds is 9. The molecule has 0 saturated carbocycles. The largest absolute Gasteiger partial charge is 0.381 e. The van der Waals surface area contributed by atoms with Gasteiger partial charge in [0.25, 0.3) is 0 Å². The highest BCUT2D eigenvalue weighted by Crippen LogP contribution is 2.35. The monoisotopic (exact) mass is 491 g/mol. The van der Waals surface area contributed by atoms with Crippen LogP contribution in [-0.4, -0.2) is 50.8 Å². The van der Waals surface area contributed by atoms with Crippen LogP contribution in [0.4, 0.5) is 0 Å². The second kappa shape index (κ2) is 13.7. The number of guanidine groups is 1. The Balaban J connectivity index is 0.00000338.